The van der Waals surface area contributed by atoms with Crippen LogP contribution in [0.25, 0.3) is 0 Å². The maximum absolute atomic E-state index is 5.38. The Morgan fingerprint density at radius 3 is 3.20 bits per heavy atom. The van der Waals surface area contributed by atoms with Crippen LogP contribution >= 0.6 is 36.8 Å². The molecule has 20 heavy (non-hydrogen) atoms. The van der Waals surface area contributed by atoms with E-state index in [4.69, 9.17) is 18.0 Å². The molecule has 4 nitrogen and oxygen atoms in total. The third-order valence-electron chi connectivity index (χ3n) is 2.84. The highest BCUT2D eigenvalue weighted by Gasteiger charge is 2.27. The molecule has 1 aliphatic carbocycles. The average molecular weight is 324 g/mol. The lowest BCUT2D eigenvalue weighted by molar-refractivity contribution is 0.865. The Balaban J connectivity index is 2.25. The van der Waals surface area contributed by atoms with Gasteiger partial charge in [0, 0.05) is 0 Å². The monoisotopic (exact) mass is 324 g/mol. The quantitative estimate of drug-likeness (QED) is 0.322. The normalized spacial score (nSPS) is 23.9. The van der Waals surface area contributed by atoms with Crippen LogP contribution in [0.1, 0.15) is 12.8 Å². The Morgan fingerprint density at radius 1 is 1.70 bits per heavy atom. The van der Waals surface area contributed by atoms with E-state index in [1.54, 1.807) is 16.1 Å². The molecular formula is C13H16N4S3. The van der Waals surface area contributed by atoms with Gasteiger partial charge in [0.2, 0.25) is 0 Å². The van der Waals surface area contributed by atoms with Crippen molar-refractivity contribution in [3.63, 3.8) is 0 Å². The summed E-state index contributed by atoms with van der Waals surface area (Å²) in [5.41, 5.74) is 10.5. The summed E-state index contributed by atoms with van der Waals surface area (Å²) >= 11 is 11.0. The summed E-state index contributed by atoms with van der Waals surface area (Å²) in [6.45, 7) is 3.81. The SMILES string of the molecule is C=CCC1=CC=CCC1=C1SCC(=NNC(N)=S)N1S. The molecule has 0 unspecified atom stereocenters. The molecular weight excluding hydrogens is 308 g/mol. The molecule has 1 fully saturated rings. The number of hydrogen-bond donors (Lipinski definition) is 3. The van der Waals surface area contributed by atoms with E-state index < -0.39 is 0 Å². The van der Waals surface area contributed by atoms with E-state index in [9.17, 15) is 0 Å². The smallest absolute Gasteiger partial charge is 0.184 e. The first-order chi connectivity index (χ1) is 9.63. The summed E-state index contributed by atoms with van der Waals surface area (Å²) in [6, 6.07) is 0. The number of thiocarbonyl (C=S) groups is 1. The zero-order chi connectivity index (χ0) is 14.5. The number of allylic oxidation sites excluding steroid dienone is 6. The molecule has 1 aliphatic heterocycles. The standard InChI is InChI=1S/C13H16N4S3/c1-2-5-9-6-3-4-7-10(9)12-17(19)11(8-20-12)15-16-13(14)18/h2-4,6,19H,1,5,7-8H2,(H3,14,16,18). The number of rotatable bonds is 3. The molecule has 106 valence electrons. The van der Waals surface area contributed by atoms with E-state index in [1.807, 2.05) is 6.08 Å². The number of nitrogens with one attached hydrogen (secondary N) is 1. The molecule has 1 heterocycles. The highest BCUT2D eigenvalue weighted by atomic mass is 32.2. The van der Waals surface area contributed by atoms with Gasteiger partial charge in [0.15, 0.2) is 10.9 Å². The highest BCUT2D eigenvalue weighted by Crippen LogP contribution is 2.39. The van der Waals surface area contributed by atoms with E-state index in [1.165, 1.54) is 11.1 Å². The molecule has 0 radical (unpaired) electrons. The van der Waals surface area contributed by atoms with Crippen molar-refractivity contribution in [3.05, 3.63) is 47.1 Å². The fourth-order valence-corrected chi connectivity index (χ4v) is 3.59. The number of nitrogens with two attached hydrogens (primary N) is 1. The Morgan fingerprint density at radius 2 is 2.50 bits per heavy atom. The zero-order valence-corrected chi connectivity index (χ0v) is 13.4. The first-order valence-electron chi connectivity index (χ1n) is 6.07. The molecule has 0 saturated carbocycles. The molecule has 0 aromatic rings. The number of nitrogens with zero attached hydrogens (tertiary/aromatic N) is 2. The Bertz CT molecular complexity index is 546. The number of amidine groups is 1. The molecule has 0 bridgehead atoms. The predicted molar refractivity (Wildman–Crippen MR) is 94.3 cm³/mol. The lowest BCUT2D eigenvalue weighted by atomic mass is 9.96. The lowest BCUT2D eigenvalue weighted by Crippen LogP contribution is -2.28. The summed E-state index contributed by atoms with van der Waals surface area (Å²) in [5, 5.41) is 5.41. The Hall–Kier alpha value is -1.18. The van der Waals surface area contributed by atoms with E-state index in [0.717, 1.165) is 29.5 Å². The topological polar surface area (TPSA) is 53.6 Å². The van der Waals surface area contributed by atoms with Crippen molar-refractivity contribution < 1.29 is 0 Å². The minimum Gasteiger partial charge on any atom is -0.375 e. The van der Waals surface area contributed by atoms with Crippen LogP contribution in [0.2, 0.25) is 0 Å². The van der Waals surface area contributed by atoms with Crippen molar-refractivity contribution in [3.8, 4) is 0 Å². The van der Waals surface area contributed by atoms with Gasteiger partial charge in [0.25, 0.3) is 0 Å². The maximum Gasteiger partial charge on any atom is 0.184 e. The average Bonchev–Trinajstić information content (AvgIpc) is 2.79. The Labute approximate surface area is 134 Å². The van der Waals surface area contributed by atoms with Gasteiger partial charge in [-0.1, -0.05) is 48.9 Å². The first-order valence-corrected chi connectivity index (χ1v) is 7.86. The first kappa shape index (κ1) is 15.2. The number of thiol groups is 1. The van der Waals surface area contributed by atoms with Crippen LogP contribution in [-0.2, 0) is 0 Å². The fourth-order valence-electron chi connectivity index (χ4n) is 1.96. The van der Waals surface area contributed by atoms with Gasteiger partial charge in [-0.2, -0.15) is 5.10 Å². The van der Waals surface area contributed by atoms with E-state index in [-0.39, 0.29) is 5.11 Å². The largest absolute Gasteiger partial charge is 0.375 e. The summed E-state index contributed by atoms with van der Waals surface area (Å²) in [5.74, 6) is 1.53. The molecule has 2 rings (SSSR count). The third-order valence-corrected chi connectivity index (χ3v) is 4.60. The van der Waals surface area contributed by atoms with Gasteiger partial charge in [-0.15, -0.1) is 6.58 Å². The number of thioether (sulfide) groups is 1. The summed E-state index contributed by atoms with van der Waals surface area (Å²) < 4.78 is 1.79. The summed E-state index contributed by atoms with van der Waals surface area (Å²) in [7, 11) is 0. The van der Waals surface area contributed by atoms with E-state index in [2.05, 4.69) is 48.1 Å². The van der Waals surface area contributed by atoms with Gasteiger partial charge in [0.1, 0.15) is 0 Å². The molecule has 0 aromatic carbocycles. The maximum atomic E-state index is 5.38. The van der Waals surface area contributed by atoms with Crippen LogP contribution in [0.15, 0.2) is 52.2 Å². The van der Waals surface area contributed by atoms with Gasteiger partial charge in [-0.3, -0.25) is 9.73 Å². The van der Waals surface area contributed by atoms with Crippen molar-refractivity contribution in [2.75, 3.05) is 5.75 Å². The molecule has 0 amide bonds. The minimum absolute atomic E-state index is 0.151. The van der Waals surface area contributed by atoms with Crippen molar-refractivity contribution in [2.24, 2.45) is 10.8 Å². The van der Waals surface area contributed by atoms with Crippen molar-refractivity contribution in [1.82, 2.24) is 9.73 Å². The molecule has 0 aromatic heterocycles. The van der Waals surface area contributed by atoms with Gasteiger partial charge < -0.3 is 5.73 Å². The predicted octanol–water partition coefficient (Wildman–Crippen LogP) is 2.70. The second-order valence-corrected chi connectivity index (χ2v) is 6.01. The third kappa shape index (κ3) is 3.47. The van der Waals surface area contributed by atoms with E-state index in [0.29, 0.717) is 0 Å². The van der Waals surface area contributed by atoms with Crippen LogP contribution in [0, 0.1) is 0 Å². The van der Waals surface area contributed by atoms with Gasteiger partial charge >= 0.3 is 0 Å². The van der Waals surface area contributed by atoms with Crippen LogP contribution < -0.4 is 11.2 Å². The molecule has 0 atom stereocenters. The van der Waals surface area contributed by atoms with Crippen LogP contribution in [0.4, 0.5) is 0 Å². The molecule has 1 saturated heterocycles. The summed E-state index contributed by atoms with van der Waals surface area (Å²) in [6.07, 6.45) is 10.0. The zero-order valence-electron chi connectivity index (χ0n) is 10.9. The van der Waals surface area contributed by atoms with Crippen molar-refractivity contribution in [2.45, 2.75) is 12.8 Å². The van der Waals surface area contributed by atoms with E-state index >= 15 is 0 Å². The number of hydrazone groups is 1. The van der Waals surface area contributed by atoms with Gasteiger partial charge in [-0.25, -0.2) is 0 Å². The fraction of sp³-hybridized carbons (Fsp3) is 0.231. The second-order valence-electron chi connectivity index (χ2n) is 4.21. The van der Waals surface area contributed by atoms with Crippen LogP contribution in [-0.4, -0.2) is 21.0 Å². The molecule has 7 heteroatoms. The highest BCUT2D eigenvalue weighted by molar-refractivity contribution is 8.05. The number of hydrogen-bond acceptors (Lipinski definition) is 4. The van der Waals surface area contributed by atoms with Crippen molar-refractivity contribution in [1.29, 1.82) is 0 Å². The van der Waals surface area contributed by atoms with Crippen LogP contribution in [0.5, 0.6) is 0 Å². The second kappa shape index (κ2) is 7.01. The Kier molecular flexibility index (Phi) is 5.33. The summed E-state index contributed by atoms with van der Waals surface area (Å²) in [4.78, 5) is 0. The molecule has 0 spiro atoms. The van der Waals surface area contributed by atoms with Crippen molar-refractivity contribution >= 4 is 47.7 Å². The van der Waals surface area contributed by atoms with Gasteiger partial charge in [-0.05, 0) is 36.2 Å². The molecule has 2 aliphatic rings. The lowest BCUT2D eigenvalue weighted by Gasteiger charge is -2.19. The molecule has 3 N–H and O–H groups in total. The minimum atomic E-state index is 0.151. The van der Waals surface area contributed by atoms with Gasteiger partial charge in [0.05, 0.1) is 10.8 Å². The van der Waals surface area contributed by atoms with Crippen LogP contribution in [0.3, 0.4) is 0 Å².